The molecule has 0 saturated heterocycles. The molecule has 0 spiro atoms. The van der Waals surface area contributed by atoms with Crippen LogP contribution in [0.3, 0.4) is 0 Å². The summed E-state index contributed by atoms with van der Waals surface area (Å²) in [6.45, 7) is 2.52. The molecule has 1 aliphatic rings. The molecule has 0 radical (unpaired) electrons. The fourth-order valence-electron chi connectivity index (χ4n) is 2.02. The maximum absolute atomic E-state index is 10.5. The number of halogens is 1. The fourth-order valence-corrected chi connectivity index (χ4v) is 2.28. The molecule has 17 heavy (non-hydrogen) atoms. The summed E-state index contributed by atoms with van der Waals surface area (Å²) < 4.78 is 6.59. The monoisotopic (exact) mass is 296 g/mol. The van der Waals surface area contributed by atoms with Crippen molar-refractivity contribution in [2.75, 3.05) is 6.61 Å². The molecule has 0 aliphatic carbocycles. The number of allylic oxidation sites excluding steroid dienone is 1. The van der Waals surface area contributed by atoms with Gasteiger partial charge in [0.1, 0.15) is 11.4 Å². The van der Waals surface area contributed by atoms with Crippen molar-refractivity contribution >= 4 is 15.9 Å². The molecule has 3 heteroatoms. The predicted octanol–water partition coefficient (Wildman–Crippen LogP) is 3.44. The van der Waals surface area contributed by atoms with E-state index in [9.17, 15) is 5.11 Å². The van der Waals surface area contributed by atoms with E-state index in [1.54, 1.807) is 0 Å². The Hall–Kier alpha value is -0.800. The van der Waals surface area contributed by atoms with Gasteiger partial charge < -0.3 is 9.84 Å². The Balaban J connectivity index is 2.10. The van der Waals surface area contributed by atoms with Gasteiger partial charge in [0, 0.05) is 10.9 Å². The minimum Gasteiger partial charge on any atom is -0.495 e. The zero-order valence-corrected chi connectivity index (χ0v) is 11.5. The van der Waals surface area contributed by atoms with Gasteiger partial charge in [0.25, 0.3) is 0 Å². The molecule has 0 bridgehead atoms. The molecule has 1 unspecified atom stereocenters. The molecule has 0 fully saturated rings. The van der Waals surface area contributed by atoms with E-state index in [1.165, 1.54) is 0 Å². The summed E-state index contributed by atoms with van der Waals surface area (Å²) in [6, 6.07) is 8.01. The summed E-state index contributed by atoms with van der Waals surface area (Å²) in [5.41, 5.74) is 0.196. The van der Waals surface area contributed by atoms with E-state index in [-0.39, 0.29) is 0 Å². The second kappa shape index (κ2) is 5.23. The molecule has 0 saturated carbocycles. The van der Waals surface area contributed by atoms with Crippen LogP contribution in [0.15, 0.2) is 40.6 Å². The summed E-state index contributed by atoms with van der Waals surface area (Å²) in [5.74, 6) is 0.715. The first kappa shape index (κ1) is 12.7. The normalized spacial score (nSPS) is 19.1. The van der Waals surface area contributed by atoms with Crippen LogP contribution in [0.5, 0.6) is 0 Å². The van der Waals surface area contributed by atoms with Crippen molar-refractivity contribution in [3.8, 4) is 0 Å². The fraction of sp³-hybridized carbons (Fsp3) is 0.429. The van der Waals surface area contributed by atoms with Crippen LogP contribution in [-0.2, 0) is 11.2 Å². The summed E-state index contributed by atoms with van der Waals surface area (Å²) >= 11 is 3.40. The maximum atomic E-state index is 10.5. The van der Waals surface area contributed by atoms with Crippen molar-refractivity contribution in [3.63, 3.8) is 0 Å². The van der Waals surface area contributed by atoms with Crippen molar-refractivity contribution in [1.29, 1.82) is 0 Å². The first-order valence-electron chi connectivity index (χ1n) is 5.88. The molecule has 1 atom stereocenters. The Kier molecular flexibility index (Phi) is 3.89. The SMILES string of the molecule is CC(O)(Cc1ccc(Br)cc1)C1=CCCCO1. The van der Waals surface area contributed by atoms with Crippen LogP contribution in [0.4, 0.5) is 0 Å². The third-order valence-corrected chi connectivity index (χ3v) is 3.46. The van der Waals surface area contributed by atoms with E-state index in [1.807, 2.05) is 37.3 Å². The predicted molar refractivity (Wildman–Crippen MR) is 71.7 cm³/mol. The van der Waals surface area contributed by atoms with Gasteiger partial charge in [-0.3, -0.25) is 0 Å². The third-order valence-electron chi connectivity index (χ3n) is 2.93. The standard InChI is InChI=1S/C14H17BrO2/c1-14(16,13-4-2-3-9-17-13)10-11-5-7-12(15)8-6-11/h4-8,16H,2-3,9-10H2,1H3. The van der Waals surface area contributed by atoms with Gasteiger partial charge in [-0.2, -0.15) is 0 Å². The quantitative estimate of drug-likeness (QED) is 0.926. The average molecular weight is 297 g/mol. The molecule has 1 aromatic carbocycles. The van der Waals surface area contributed by atoms with Crippen molar-refractivity contribution in [1.82, 2.24) is 0 Å². The molecule has 92 valence electrons. The van der Waals surface area contributed by atoms with Gasteiger partial charge in [-0.1, -0.05) is 28.1 Å². The molecule has 2 nitrogen and oxygen atoms in total. The third kappa shape index (κ3) is 3.33. The van der Waals surface area contributed by atoms with Gasteiger partial charge in [0.2, 0.25) is 0 Å². The highest BCUT2D eigenvalue weighted by atomic mass is 79.9. The van der Waals surface area contributed by atoms with Gasteiger partial charge in [0.05, 0.1) is 6.61 Å². The highest BCUT2D eigenvalue weighted by molar-refractivity contribution is 9.10. The molecule has 1 heterocycles. The minimum atomic E-state index is -0.908. The summed E-state index contributed by atoms with van der Waals surface area (Å²) in [6.07, 6.45) is 4.61. The second-order valence-electron chi connectivity index (χ2n) is 4.64. The Morgan fingerprint density at radius 2 is 2.06 bits per heavy atom. The van der Waals surface area contributed by atoms with Gasteiger partial charge in [-0.05, 0) is 43.5 Å². The van der Waals surface area contributed by atoms with Crippen LogP contribution < -0.4 is 0 Å². The molecule has 1 aromatic rings. The zero-order valence-electron chi connectivity index (χ0n) is 9.95. The number of hydrogen-bond donors (Lipinski definition) is 1. The molecule has 1 N–H and O–H groups in total. The van der Waals surface area contributed by atoms with Crippen LogP contribution in [-0.4, -0.2) is 17.3 Å². The lowest BCUT2D eigenvalue weighted by Crippen LogP contribution is -2.32. The first-order valence-corrected chi connectivity index (χ1v) is 6.67. The van der Waals surface area contributed by atoms with E-state index < -0.39 is 5.60 Å². The van der Waals surface area contributed by atoms with Crippen molar-refractivity contribution in [2.24, 2.45) is 0 Å². The number of ether oxygens (including phenoxy) is 1. The number of aliphatic hydroxyl groups is 1. The number of hydrogen-bond acceptors (Lipinski definition) is 2. The van der Waals surface area contributed by atoms with E-state index in [0.717, 1.165) is 22.9 Å². The Labute approximate surface area is 110 Å². The zero-order chi connectivity index (χ0) is 12.3. The van der Waals surface area contributed by atoms with Crippen LogP contribution in [0.25, 0.3) is 0 Å². The largest absolute Gasteiger partial charge is 0.495 e. The van der Waals surface area contributed by atoms with Gasteiger partial charge in [-0.25, -0.2) is 0 Å². The Morgan fingerprint density at radius 3 is 2.65 bits per heavy atom. The number of rotatable bonds is 3. The van der Waals surface area contributed by atoms with Crippen LogP contribution in [0.1, 0.15) is 25.3 Å². The van der Waals surface area contributed by atoms with Gasteiger partial charge in [0.15, 0.2) is 0 Å². The lowest BCUT2D eigenvalue weighted by molar-refractivity contribution is 0.0185. The van der Waals surface area contributed by atoms with Crippen LogP contribution in [0, 0.1) is 0 Å². The van der Waals surface area contributed by atoms with Gasteiger partial charge in [-0.15, -0.1) is 0 Å². The highest BCUT2D eigenvalue weighted by Crippen LogP contribution is 2.26. The average Bonchev–Trinajstić information content (AvgIpc) is 2.33. The van der Waals surface area contributed by atoms with Crippen molar-refractivity contribution < 1.29 is 9.84 Å². The molecule has 1 aliphatic heterocycles. The second-order valence-corrected chi connectivity index (χ2v) is 5.55. The maximum Gasteiger partial charge on any atom is 0.124 e. The minimum absolute atomic E-state index is 0.576. The molecule has 2 rings (SSSR count). The summed E-state index contributed by atoms with van der Waals surface area (Å²) in [4.78, 5) is 0. The number of benzene rings is 1. The summed E-state index contributed by atoms with van der Waals surface area (Å²) in [5, 5.41) is 10.5. The smallest absolute Gasteiger partial charge is 0.124 e. The van der Waals surface area contributed by atoms with E-state index in [4.69, 9.17) is 4.74 Å². The van der Waals surface area contributed by atoms with E-state index in [0.29, 0.717) is 18.8 Å². The Morgan fingerprint density at radius 1 is 1.35 bits per heavy atom. The molecule has 0 amide bonds. The molecule has 0 aromatic heterocycles. The van der Waals surface area contributed by atoms with Crippen LogP contribution >= 0.6 is 15.9 Å². The molecular formula is C14H17BrO2. The lowest BCUT2D eigenvalue weighted by Gasteiger charge is -2.29. The van der Waals surface area contributed by atoms with Gasteiger partial charge >= 0.3 is 0 Å². The van der Waals surface area contributed by atoms with E-state index >= 15 is 0 Å². The highest BCUT2D eigenvalue weighted by Gasteiger charge is 2.28. The van der Waals surface area contributed by atoms with Crippen molar-refractivity contribution in [3.05, 3.63) is 46.1 Å². The summed E-state index contributed by atoms with van der Waals surface area (Å²) in [7, 11) is 0. The lowest BCUT2D eigenvalue weighted by atomic mass is 9.93. The first-order chi connectivity index (χ1) is 8.08. The van der Waals surface area contributed by atoms with Crippen molar-refractivity contribution in [2.45, 2.75) is 31.8 Å². The van der Waals surface area contributed by atoms with E-state index in [2.05, 4.69) is 15.9 Å². The van der Waals surface area contributed by atoms with Crippen LogP contribution in [0.2, 0.25) is 0 Å². The molecular weight excluding hydrogens is 280 g/mol. The Bertz CT molecular complexity index is 407. The topological polar surface area (TPSA) is 29.5 Å².